The molecule has 0 saturated carbocycles. The Balaban J connectivity index is 2.44. The summed E-state index contributed by atoms with van der Waals surface area (Å²) < 4.78 is 6.10. The summed E-state index contributed by atoms with van der Waals surface area (Å²) in [5.41, 5.74) is 2.34. The van der Waals surface area contributed by atoms with Gasteiger partial charge in [-0.25, -0.2) is 5.43 Å². The highest BCUT2D eigenvalue weighted by Gasteiger charge is 2.05. The fraction of sp³-hybridized carbons (Fsp3) is 0.273. The fourth-order valence-corrected chi connectivity index (χ4v) is 1.70. The van der Waals surface area contributed by atoms with Crippen molar-refractivity contribution in [3.8, 4) is 5.75 Å². The minimum absolute atomic E-state index is 0.123. The van der Waals surface area contributed by atoms with Crippen LogP contribution in [-0.2, 0) is 4.79 Å². The minimum atomic E-state index is -0.325. The second-order valence-corrected chi connectivity index (χ2v) is 4.44. The quantitative estimate of drug-likeness (QED) is 0.670. The largest absolute Gasteiger partial charge is 0.482 e. The predicted molar refractivity (Wildman–Crippen MR) is 71.6 cm³/mol. The molecule has 17 heavy (non-hydrogen) atoms. The smallest absolute Gasteiger partial charge is 0.277 e. The van der Waals surface area contributed by atoms with E-state index in [1.165, 1.54) is 0 Å². The van der Waals surface area contributed by atoms with Gasteiger partial charge in [0.05, 0.1) is 5.02 Å². The number of hydrazone groups is 1. The molecule has 1 aromatic carbocycles. The van der Waals surface area contributed by atoms with Crippen LogP contribution in [0.5, 0.6) is 5.75 Å². The zero-order chi connectivity index (χ0) is 12.7. The van der Waals surface area contributed by atoms with E-state index in [-0.39, 0.29) is 12.5 Å². The molecule has 0 radical (unpaired) electrons. The monoisotopic (exact) mass is 318 g/mol. The van der Waals surface area contributed by atoms with E-state index in [4.69, 9.17) is 16.3 Å². The van der Waals surface area contributed by atoms with E-state index in [1.807, 2.05) is 6.92 Å². The van der Waals surface area contributed by atoms with Crippen LogP contribution in [0, 0.1) is 0 Å². The van der Waals surface area contributed by atoms with Crippen molar-refractivity contribution in [1.29, 1.82) is 0 Å². The summed E-state index contributed by atoms with van der Waals surface area (Å²) >= 11 is 9.20. The van der Waals surface area contributed by atoms with E-state index in [1.54, 1.807) is 24.4 Å². The second-order valence-electron chi connectivity index (χ2n) is 3.12. The average Bonchev–Trinajstić information content (AvgIpc) is 2.28. The molecule has 4 nitrogen and oxygen atoms in total. The standard InChI is InChI=1S/C11H12BrClN2O2/c1-2-5-14-15-11(16)7-17-10-4-3-8(12)6-9(10)13/h3-6H,2,7H2,1H3,(H,15,16). The number of carbonyl (C=O) groups is 1. The Bertz CT molecular complexity index is 424. The van der Waals surface area contributed by atoms with Crippen molar-refractivity contribution < 1.29 is 9.53 Å². The van der Waals surface area contributed by atoms with Crippen LogP contribution >= 0.6 is 27.5 Å². The molecule has 0 aliphatic heterocycles. The molecule has 0 heterocycles. The topological polar surface area (TPSA) is 50.7 Å². The number of ether oxygens (including phenoxy) is 1. The van der Waals surface area contributed by atoms with Crippen molar-refractivity contribution in [3.63, 3.8) is 0 Å². The van der Waals surface area contributed by atoms with Crippen LogP contribution in [-0.4, -0.2) is 18.7 Å². The van der Waals surface area contributed by atoms with Crippen LogP contribution in [0.4, 0.5) is 0 Å². The van der Waals surface area contributed by atoms with E-state index >= 15 is 0 Å². The molecule has 6 heteroatoms. The highest BCUT2D eigenvalue weighted by molar-refractivity contribution is 9.10. The molecule has 0 aliphatic carbocycles. The van der Waals surface area contributed by atoms with Crippen LogP contribution in [0.2, 0.25) is 5.02 Å². The highest BCUT2D eigenvalue weighted by Crippen LogP contribution is 2.27. The Hall–Kier alpha value is -1.07. The number of nitrogens with zero attached hydrogens (tertiary/aromatic N) is 1. The molecule has 0 spiro atoms. The molecule has 0 fully saturated rings. The van der Waals surface area contributed by atoms with Crippen LogP contribution in [0.1, 0.15) is 13.3 Å². The van der Waals surface area contributed by atoms with E-state index < -0.39 is 0 Å². The van der Waals surface area contributed by atoms with Gasteiger partial charge in [-0.05, 0) is 24.6 Å². The lowest BCUT2D eigenvalue weighted by Crippen LogP contribution is -2.24. The van der Waals surface area contributed by atoms with Gasteiger partial charge in [-0.2, -0.15) is 5.10 Å². The van der Waals surface area contributed by atoms with Gasteiger partial charge < -0.3 is 4.74 Å². The maximum absolute atomic E-state index is 11.3. The van der Waals surface area contributed by atoms with Gasteiger partial charge in [0, 0.05) is 10.7 Å². The summed E-state index contributed by atoms with van der Waals surface area (Å²) in [5.74, 6) is 0.137. The Morgan fingerprint density at radius 2 is 2.41 bits per heavy atom. The number of benzene rings is 1. The van der Waals surface area contributed by atoms with Crippen molar-refractivity contribution in [2.45, 2.75) is 13.3 Å². The van der Waals surface area contributed by atoms with E-state index in [9.17, 15) is 4.79 Å². The van der Waals surface area contributed by atoms with Gasteiger partial charge in [0.25, 0.3) is 5.91 Å². The van der Waals surface area contributed by atoms with Gasteiger partial charge in [0.15, 0.2) is 6.61 Å². The van der Waals surface area contributed by atoms with Crippen LogP contribution in [0.3, 0.4) is 0 Å². The van der Waals surface area contributed by atoms with E-state index in [2.05, 4.69) is 26.5 Å². The molecule has 0 aromatic heterocycles. The van der Waals surface area contributed by atoms with Crippen molar-refractivity contribution in [2.75, 3.05) is 6.61 Å². The third kappa shape index (κ3) is 5.19. The molecule has 0 atom stereocenters. The third-order valence-electron chi connectivity index (χ3n) is 1.72. The Kier molecular flexibility index (Phi) is 6.00. The van der Waals surface area contributed by atoms with Gasteiger partial charge in [0.2, 0.25) is 0 Å². The first-order valence-electron chi connectivity index (χ1n) is 5.01. The van der Waals surface area contributed by atoms with Crippen LogP contribution < -0.4 is 10.2 Å². The lowest BCUT2D eigenvalue weighted by atomic mass is 10.3. The number of carbonyl (C=O) groups excluding carboxylic acids is 1. The van der Waals surface area contributed by atoms with Gasteiger partial charge in [-0.3, -0.25) is 4.79 Å². The summed E-state index contributed by atoms with van der Waals surface area (Å²) in [7, 11) is 0. The number of nitrogens with one attached hydrogen (secondary N) is 1. The van der Waals surface area contributed by atoms with Crippen molar-refractivity contribution >= 4 is 39.7 Å². The first-order chi connectivity index (χ1) is 8.13. The Labute approximate surface area is 113 Å². The minimum Gasteiger partial charge on any atom is -0.482 e. The molecule has 92 valence electrons. The summed E-state index contributed by atoms with van der Waals surface area (Å²) in [5, 5.41) is 4.14. The molecule has 1 amide bonds. The third-order valence-corrected chi connectivity index (χ3v) is 2.50. The van der Waals surface area contributed by atoms with Crippen molar-refractivity contribution in [2.24, 2.45) is 5.10 Å². The summed E-state index contributed by atoms with van der Waals surface area (Å²) in [6, 6.07) is 5.17. The molecule has 0 saturated heterocycles. The molecule has 0 bridgehead atoms. The molecular formula is C11H12BrClN2O2. The van der Waals surface area contributed by atoms with Gasteiger partial charge in [-0.1, -0.05) is 34.5 Å². The SMILES string of the molecule is CCC=NNC(=O)COc1ccc(Br)cc1Cl. The molecular weight excluding hydrogens is 307 g/mol. The van der Waals surface area contributed by atoms with E-state index in [0.29, 0.717) is 10.8 Å². The van der Waals surface area contributed by atoms with Crippen molar-refractivity contribution in [1.82, 2.24) is 5.43 Å². The Morgan fingerprint density at radius 3 is 3.06 bits per heavy atom. The molecule has 1 aromatic rings. The van der Waals surface area contributed by atoms with Gasteiger partial charge >= 0.3 is 0 Å². The zero-order valence-electron chi connectivity index (χ0n) is 9.24. The molecule has 1 rings (SSSR count). The number of amides is 1. The number of hydrogen-bond donors (Lipinski definition) is 1. The first-order valence-corrected chi connectivity index (χ1v) is 6.18. The number of hydrogen-bond acceptors (Lipinski definition) is 3. The molecule has 0 aliphatic rings. The molecule has 0 unspecified atom stereocenters. The van der Waals surface area contributed by atoms with Crippen LogP contribution in [0.15, 0.2) is 27.8 Å². The predicted octanol–water partition coefficient (Wildman–Crippen LogP) is 2.99. The summed E-state index contributed by atoms with van der Waals surface area (Å²) in [6.45, 7) is 1.80. The fourth-order valence-electron chi connectivity index (χ4n) is 0.977. The van der Waals surface area contributed by atoms with Gasteiger partial charge in [0.1, 0.15) is 5.75 Å². The first kappa shape index (κ1) is 14.0. The second kappa shape index (κ2) is 7.29. The van der Waals surface area contributed by atoms with Gasteiger partial charge in [-0.15, -0.1) is 0 Å². The highest BCUT2D eigenvalue weighted by atomic mass is 79.9. The Morgan fingerprint density at radius 1 is 1.65 bits per heavy atom. The lowest BCUT2D eigenvalue weighted by Gasteiger charge is -2.06. The van der Waals surface area contributed by atoms with Crippen molar-refractivity contribution in [3.05, 3.63) is 27.7 Å². The van der Waals surface area contributed by atoms with Crippen LogP contribution in [0.25, 0.3) is 0 Å². The summed E-state index contributed by atoms with van der Waals surface area (Å²) in [4.78, 5) is 11.3. The number of halogens is 2. The maximum atomic E-state index is 11.3. The zero-order valence-corrected chi connectivity index (χ0v) is 11.6. The maximum Gasteiger partial charge on any atom is 0.277 e. The molecule has 1 N–H and O–H groups in total. The summed E-state index contributed by atoms with van der Waals surface area (Å²) in [6.07, 6.45) is 2.37. The lowest BCUT2D eigenvalue weighted by molar-refractivity contribution is -0.123. The number of rotatable bonds is 5. The van der Waals surface area contributed by atoms with E-state index in [0.717, 1.165) is 10.9 Å². The normalized spacial score (nSPS) is 10.5. The average molecular weight is 320 g/mol.